The van der Waals surface area contributed by atoms with Crippen LogP contribution < -0.4 is 14.5 Å². The average molecular weight is 584 g/mol. The largest absolute Gasteiger partial charge is 0.467 e. The third-order valence-corrected chi connectivity index (χ3v) is 8.21. The van der Waals surface area contributed by atoms with Gasteiger partial charge in [0.05, 0.1) is 37.9 Å². The van der Waals surface area contributed by atoms with Crippen LogP contribution in [-0.2, 0) is 17.8 Å². The van der Waals surface area contributed by atoms with Gasteiger partial charge in [-0.3, -0.25) is 4.79 Å². The van der Waals surface area contributed by atoms with E-state index in [4.69, 9.17) is 14.7 Å². The van der Waals surface area contributed by atoms with E-state index < -0.39 is 0 Å². The number of aromatic nitrogens is 2. The van der Waals surface area contributed by atoms with Gasteiger partial charge in [-0.15, -0.1) is 0 Å². The number of hydrogen-bond donors (Lipinski definition) is 0. The average Bonchev–Trinajstić information content (AvgIpc) is 3.55. The van der Waals surface area contributed by atoms with Crippen LogP contribution in [-0.4, -0.2) is 85.1 Å². The Labute approximate surface area is 256 Å². The molecule has 43 heavy (non-hydrogen) atoms. The molecule has 9 nitrogen and oxygen atoms in total. The molecule has 3 aliphatic rings. The molecular weight excluding hydrogens is 538 g/mol. The maximum atomic E-state index is 12.3. The molecule has 1 amide bonds. The van der Waals surface area contributed by atoms with Crippen molar-refractivity contribution < 1.29 is 9.53 Å². The van der Waals surface area contributed by atoms with Crippen LogP contribution in [0.3, 0.4) is 0 Å². The molecule has 1 atom stereocenters. The van der Waals surface area contributed by atoms with Crippen molar-refractivity contribution in [3.8, 4) is 12.1 Å². The molecule has 0 saturated carbocycles. The van der Waals surface area contributed by atoms with Crippen LogP contribution in [0.5, 0.6) is 6.01 Å². The van der Waals surface area contributed by atoms with E-state index in [1.54, 1.807) is 12.0 Å². The molecule has 0 aliphatic carbocycles. The monoisotopic (exact) mass is 583 g/mol. The second kappa shape index (κ2) is 15.4. The molecule has 6 rings (SSSR count). The molecule has 3 aromatic rings. The summed E-state index contributed by atoms with van der Waals surface area (Å²) in [5.41, 5.74) is 3.26. The van der Waals surface area contributed by atoms with Gasteiger partial charge in [0.15, 0.2) is 0 Å². The molecule has 0 N–H and O–H groups in total. The van der Waals surface area contributed by atoms with E-state index in [0.717, 1.165) is 30.0 Å². The third kappa shape index (κ3) is 7.44. The Morgan fingerprint density at radius 1 is 1.05 bits per heavy atom. The van der Waals surface area contributed by atoms with Crippen LogP contribution in [0.15, 0.2) is 55.1 Å². The normalized spacial score (nSPS) is 18.0. The van der Waals surface area contributed by atoms with Gasteiger partial charge in [0.1, 0.15) is 5.82 Å². The first-order chi connectivity index (χ1) is 21.0. The predicted octanol–water partition coefficient (Wildman–Crippen LogP) is 5.06. The lowest BCUT2D eigenvalue weighted by atomic mass is 10.0. The van der Waals surface area contributed by atoms with Gasteiger partial charge in [0.25, 0.3) is 0 Å². The van der Waals surface area contributed by atoms with E-state index in [1.807, 2.05) is 13.8 Å². The highest BCUT2D eigenvalue weighted by atomic mass is 16.5. The zero-order valence-corrected chi connectivity index (χ0v) is 26.1. The molecular formula is C34H45N7O2. The maximum absolute atomic E-state index is 12.3. The van der Waals surface area contributed by atoms with E-state index in [0.29, 0.717) is 32.2 Å². The van der Waals surface area contributed by atoms with Gasteiger partial charge in [-0.05, 0) is 56.9 Å². The molecule has 2 saturated heterocycles. The summed E-state index contributed by atoms with van der Waals surface area (Å²) in [6.45, 7) is 13.4. The number of hydrogen-bond acceptors (Lipinski definition) is 8. The Kier molecular flexibility index (Phi) is 11.3. The quantitative estimate of drug-likeness (QED) is 0.386. The zero-order valence-electron chi connectivity index (χ0n) is 26.1. The van der Waals surface area contributed by atoms with Crippen LogP contribution in [0, 0.1) is 11.3 Å². The fourth-order valence-electron chi connectivity index (χ4n) is 6.04. The van der Waals surface area contributed by atoms with Crippen molar-refractivity contribution in [1.29, 1.82) is 5.26 Å². The number of nitriles is 1. The highest BCUT2D eigenvalue weighted by Crippen LogP contribution is 2.34. The van der Waals surface area contributed by atoms with Crippen molar-refractivity contribution in [2.75, 3.05) is 63.2 Å². The molecule has 0 radical (unpaired) electrons. The van der Waals surface area contributed by atoms with Crippen molar-refractivity contribution in [3.05, 3.63) is 66.4 Å². The van der Waals surface area contributed by atoms with Crippen LogP contribution in [0.4, 0.5) is 11.5 Å². The number of methoxy groups -OCH3 is 1. The number of amides is 1. The topological polar surface area (TPSA) is 88.8 Å². The zero-order chi connectivity index (χ0) is 30.8. The lowest BCUT2D eigenvalue weighted by Gasteiger charge is -2.42. The van der Waals surface area contributed by atoms with Gasteiger partial charge in [-0.2, -0.15) is 15.2 Å². The van der Waals surface area contributed by atoms with Gasteiger partial charge in [0.2, 0.25) is 5.91 Å². The maximum Gasteiger partial charge on any atom is 0.318 e. The number of rotatable bonds is 5. The number of piperazine rings is 1. The van der Waals surface area contributed by atoms with Crippen molar-refractivity contribution in [3.63, 3.8) is 0 Å². The summed E-state index contributed by atoms with van der Waals surface area (Å²) in [5.74, 6) is 0.705. The summed E-state index contributed by atoms with van der Waals surface area (Å²) in [7, 11) is 3.75. The minimum Gasteiger partial charge on any atom is -0.467 e. The molecule has 0 bridgehead atoms. The molecule has 1 unspecified atom stereocenters. The van der Waals surface area contributed by atoms with Gasteiger partial charge >= 0.3 is 6.01 Å². The van der Waals surface area contributed by atoms with Crippen LogP contribution in [0.2, 0.25) is 0 Å². The van der Waals surface area contributed by atoms with Crippen molar-refractivity contribution in [2.24, 2.45) is 0 Å². The lowest BCUT2D eigenvalue weighted by Crippen LogP contribution is -2.55. The van der Waals surface area contributed by atoms with Gasteiger partial charge in [0, 0.05) is 42.8 Å². The summed E-state index contributed by atoms with van der Waals surface area (Å²) in [6.07, 6.45) is 5.20. The highest BCUT2D eigenvalue weighted by Gasteiger charge is 2.33. The Bertz CT molecular complexity index is 1420. The van der Waals surface area contributed by atoms with Gasteiger partial charge in [-0.25, -0.2) is 0 Å². The summed E-state index contributed by atoms with van der Waals surface area (Å²) in [5, 5.41) is 11.8. The standard InChI is InChI=1S/C27H28N6O2.C5H11N.C2H6/c1-3-25(34)33-16-15-32(17-20(33)11-13-28)26-22-12-14-31(18-23(22)29-27(30-26)35-2)24-10-6-8-19-7-4-5-9-21(19)24;1-6-4-2-3-5-6;1-2/h3-10,20H,1,11-12,14-18H2,2H3;2-5H2,1H3;1-2H3. The molecule has 9 heteroatoms. The smallest absolute Gasteiger partial charge is 0.318 e. The molecule has 4 heterocycles. The number of carbonyl (C=O) groups excluding carboxylic acids is 1. The second-order valence-electron chi connectivity index (χ2n) is 10.8. The number of likely N-dealkylation sites (tertiary alicyclic amines) is 1. The Hall–Kier alpha value is -4.16. The fourth-order valence-corrected chi connectivity index (χ4v) is 6.04. The summed E-state index contributed by atoms with van der Waals surface area (Å²) in [6, 6.07) is 17.2. The van der Waals surface area contributed by atoms with Gasteiger partial charge < -0.3 is 24.3 Å². The molecule has 228 valence electrons. The Morgan fingerprint density at radius 3 is 2.47 bits per heavy atom. The lowest BCUT2D eigenvalue weighted by molar-refractivity contribution is -0.128. The second-order valence-corrected chi connectivity index (χ2v) is 10.8. The number of nitrogens with zero attached hydrogens (tertiary/aromatic N) is 7. The molecule has 0 spiro atoms. The highest BCUT2D eigenvalue weighted by molar-refractivity contribution is 5.94. The van der Waals surface area contributed by atoms with Crippen LogP contribution in [0.1, 0.15) is 44.4 Å². The number of fused-ring (bicyclic) bond motifs is 2. The minimum atomic E-state index is -0.216. The van der Waals surface area contributed by atoms with Gasteiger partial charge in [-0.1, -0.05) is 56.8 Å². The van der Waals surface area contributed by atoms with Crippen LogP contribution in [0.25, 0.3) is 10.8 Å². The van der Waals surface area contributed by atoms with E-state index in [2.05, 4.69) is 76.9 Å². The first kappa shape index (κ1) is 31.8. The fraction of sp³-hybridized carbons (Fsp3) is 0.471. The first-order valence-corrected chi connectivity index (χ1v) is 15.4. The number of benzene rings is 2. The number of ether oxygens (including phenoxy) is 1. The summed E-state index contributed by atoms with van der Waals surface area (Å²) in [4.78, 5) is 30.4. The third-order valence-electron chi connectivity index (χ3n) is 8.21. The number of anilines is 2. The van der Waals surface area contributed by atoms with Crippen molar-refractivity contribution in [1.82, 2.24) is 19.8 Å². The van der Waals surface area contributed by atoms with Crippen molar-refractivity contribution >= 4 is 28.2 Å². The summed E-state index contributed by atoms with van der Waals surface area (Å²) < 4.78 is 5.48. The minimum absolute atomic E-state index is 0.141. The van der Waals surface area contributed by atoms with E-state index >= 15 is 0 Å². The predicted molar refractivity (Wildman–Crippen MR) is 174 cm³/mol. The van der Waals surface area contributed by atoms with Crippen molar-refractivity contribution in [2.45, 2.75) is 52.1 Å². The molecule has 3 aliphatic heterocycles. The Morgan fingerprint density at radius 2 is 1.79 bits per heavy atom. The van der Waals surface area contributed by atoms with E-state index in [9.17, 15) is 10.1 Å². The number of carbonyl (C=O) groups is 1. The van der Waals surface area contributed by atoms with Crippen LogP contribution >= 0.6 is 0 Å². The molecule has 1 aromatic heterocycles. The van der Waals surface area contributed by atoms with E-state index in [-0.39, 0.29) is 18.4 Å². The van der Waals surface area contributed by atoms with E-state index in [1.165, 1.54) is 48.5 Å². The Balaban J connectivity index is 0.000000466. The first-order valence-electron chi connectivity index (χ1n) is 15.4. The molecule has 2 fully saturated rings. The SMILES string of the molecule is C=CC(=O)N1CCN(c2nc(OC)nc3c2CCN(c2cccc4ccccc24)C3)CC1CC#N.CC.CN1CCCC1. The summed E-state index contributed by atoms with van der Waals surface area (Å²) >= 11 is 0. The molecule has 2 aromatic carbocycles.